The average Bonchev–Trinajstić information content (AvgIpc) is 2.98. The average molecular weight is 325 g/mol. The number of hydrogen-bond donors (Lipinski definition) is 0. The van der Waals surface area contributed by atoms with Crippen LogP contribution in [0, 0.1) is 5.92 Å². The second-order valence-electron chi connectivity index (χ2n) is 5.54. The number of anilines is 1. The van der Waals surface area contributed by atoms with Gasteiger partial charge in [-0.2, -0.15) is 0 Å². The summed E-state index contributed by atoms with van der Waals surface area (Å²) in [5.41, 5.74) is 0.694. The first-order valence-electron chi connectivity index (χ1n) is 7.98. The van der Waals surface area contributed by atoms with E-state index in [1.807, 2.05) is 37.3 Å². The van der Waals surface area contributed by atoms with E-state index in [2.05, 4.69) is 0 Å². The zero-order chi connectivity index (χ0) is 16.9. The zero-order valence-electron chi connectivity index (χ0n) is 13.5. The molecule has 0 unspecified atom stereocenters. The van der Waals surface area contributed by atoms with Gasteiger partial charge in [-0.15, -0.1) is 0 Å². The third-order valence-corrected chi connectivity index (χ3v) is 3.88. The molecular formula is C19H19NO4. The first kappa shape index (κ1) is 16.1. The summed E-state index contributed by atoms with van der Waals surface area (Å²) < 4.78 is 10.9. The fourth-order valence-electron chi connectivity index (χ4n) is 2.74. The van der Waals surface area contributed by atoms with Crippen LogP contribution in [0.4, 0.5) is 5.69 Å². The van der Waals surface area contributed by atoms with Crippen LogP contribution in [0.5, 0.6) is 11.5 Å². The Kier molecular flexibility index (Phi) is 4.79. The van der Waals surface area contributed by atoms with E-state index in [-0.39, 0.29) is 18.3 Å². The summed E-state index contributed by atoms with van der Waals surface area (Å²) in [7, 11) is 0. The van der Waals surface area contributed by atoms with Crippen LogP contribution in [0.15, 0.2) is 54.6 Å². The lowest BCUT2D eigenvalue weighted by molar-refractivity contribution is -0.139. The van der Waals surface area contributed by atoms with Crippen molar-refractivity contribution in [3.05, 3.63) is 54.6 Å². The summed E-state index contributed by atoms with van der Waals surface area (Å²) in [5.74, 6) is 0.170. The van der Waals surface area contributed by atoms with Crippen molar-refractivity contribution >= 4 is 17.6 Å². The molecule has 24 heavy (non-hydrogen) atoms. The lowest BCUT2D eigenvalue weighted by Gasteiger charge is -2.19. The molecule has 1 amide bonds. The molecule has 0 saturated carbocycles. The van der Waals surface area contributed by atoms with Crippen molar-refractivity contribution < 1.29 is 19.1 Å². The Labute approximate surface area is 140 Å². The molecule has 0 aromatic heterocycles. The fourth-order valence-corrected chi connectivity index (χ4v) is 2.74. The largest absolute Gasteiger partial charge is 0.492 e. The smallest absolute Gasteiger partial charge is 0.316 e. The Bertz CT molecular complexity index is 729. The second kappa shape index (κ2) is 7.17. The van der Waals surface area contributed by atoms with Gasteiger partial charge in [0.15, 0.2) is 0 Å². The van der Waals surface area contributed by atoms with E-state index in [1.54, 1.807) is 29.2 Å². The number of hydrogen-bond acceptors (Lipinski definition) is 4. The molecule has 0 aliphatic carbocycles. The monoisotopic (exact) mass is 325 g/mol. The molecule has 1 saturated heterocycles. The number of carbonyl (C=O) groups excluding carboxylic acids is 2. The summed E-state index contributed by atoms with van der Waals surface area (Å²) in [5, 5.41) is 0. The molecule has 1 fully saturated rings. The predicted octanol–water partition coefficient (Wildman–Crippen LogP) is 3.04. The molecule has 0 N–H and O–H groups in total. The molecule has 1 aliphatic rings. The molecule has 124 valence electrons. The Morgan fingerprint density at radius 2 is 1.83 bits per heavy atom. The van der Waals surface area contributed by atoms with E-state index in [1.165, 1.54) is 0 Å². The highest BCUT2D eigenvalue weighted by Crippen LogP contribution is 2.33. The van der Waals surface area contributed by atoms with Gasteiger partial charge in [0.25, 0.3) is 0 Å². The van der Waals surface area contributed by atoms with E-state index in [9.17, 15) is 9.59 Å². The number of nitrogens with zero attached hydrogens (tertiary/aromatic N) is 1. The van der Waals surface area contributed by atoms with Crippen molar-refractivity contribution in [1.82, 2.24) is 0 Å². The fraction of sp³-hybridized carbons (Fsp3) is 0.263. The molecule has 3 rings (SSSR count). The van der Waals surface area contributed by atoms with E-state index < -0.39 is 5.92 Å². The van der Waals surface area contributed by atoms with Crippen molar-refractivity contribution in [3.8, 4) is 11.5 Å². The number of para-hydroxylation sites is 3. The molecule has 5 nitrogen and oxygen atoms in total. The lowest BCUT2D eigenvalue weighted by Crippen LogP contribution is -2.27. The van der Waals surface area contributed by atoms with E-state index >= 15 is 0 Å². The SMILES string of the molecule is CCOc1ccccc1N1C[C@@H](C(=O)Oc2ccccc2)CC1=O. The molecule has 1 atom stereocenters. The molecular weight excluding hydrogens is 306 g/mol. The molecule has 0 spiro atoms. The van der Waals surface area contributed by atoms with Gasteiger partial charge < -0.3 is 14.4 Å². The normalized spacial score (nSPS) is 17.0. The van der Waals surface area contributed by atoms with Crippen LogP contribution < -0.4 is 14.4 Å². The van der Waals surface area contributed by atoms with Gasteiger partial charge in [-0.1, -0.05) is 30.3 Å². The zero-order valence-corrected chi connectivity index (χ0v) is 13.5. The number of esters is 1. The maximum atomic E-state index is 12.4. The van der Waals surface area contributed by atoms with Gasteiger partial charge in [0, 0.05) is 13.0 Å². The van der Waals surface area contributed by atoms with Crippen LogP contribution >= 0.6 is 0 Å². The standard InChI is InChI=1S/C19H19NO4/c1-2-23-17-11-7-6-10-16(17)20-13-14(12-18(20)21)19(22)24-15-8-4-3-5-9-15/h3-11,14H,2,12-13H2,1H3/t14-/m0/s1. The Hall–Kier alpha value is -2.82. The maximum Gasteiger partial charge on any atom is 0.316 e. The summed E-state index contributed by atoms with van der Waals surface area (Å²) >= 11 is 0. The number of rotatable bonds is 5. The highest BCUT2D eigenvalue weighted by atomic mass is 16.5. The quantitative estimate of drug-likeness (QED) is 0.626. The number of benzene rings is 2. The predicted molar refractivity (Wildman–Crippen MR) is 90.1 cm³/mol. The van der Waals surface area contributed by atoms with Crippen molar-refractivity contribution in [2.75, 3.05) is 18.1 Å². The van der Waals surface area contributed by atoms with Gasteiger partial charge in [0.1, 0.15) is 11.5 Å². The Balaban J connectivity index is 1.73. The van der Waals surface area contributed by atoms with Gasteiger partial charge in [-0.25, -0.2) is 0 Å². The third kappa shape index (κ3) is 3.40. The topological polar surface area (TPSA) is 55.8 Å². The number of amides is 1. The van der Waals surface area contributed by atoms with E-state index in [0.717, 1.165) is 0 Å². The van der Waals surface area contributed by atoms with E-state index in [0.29, 0.717) is 30.3 Å². The first-order chi connectivity index (χ1) is 11.7. The van der Waals surface area contributed by atoms with Gasteiger partial charge in [-0.05, 0) is 31.2 Å². The van der Waals surface area contributed by atoms with E-state index in [4.69, 9.17) is 9.47 Å². The highest BCUT2D eigenvalue weighted by molar-refractivity contribution is 6.00. The van der Waals surface area contributed by atoms with Gasteiger partial charge in [-0.3, -0.25) is 9.59 Å². The minimum atomic E-state index is -0.479. The molecule has 1 aliphatic heterocycles. The summed E-state index contributed by atoms with van der Waals surface area (Å²) in [6.45, 7) is 2.70. The molecule has 1 heterocycles. The molecule has 0 bridgehead atoms. The summed E-state index contributed by atoms with van der Waals surface area (Å²) in [4.78, 5) is 26.3. The van der Waals surface area contributed by atoms with Crippen molar-refractivity contribution in [3.63, 3.8) is 0 Å². The van der Waals surface area contributed by atoms with Gasteiger partial charge in [0.2, 0.25) is 5.91 Å². The molecule has 5 heteroatoms. The summed E-state index contributed by atoms with van der Waals surface area (Å²) in [6.07, 6.45) is 0.145. The molecule has 0 radical (unpaired) electrons. The number of carbonyl (C=O) groups is 2. The molecule has 2 aromatic carbocycles. The van der Waals surface area contributed by atoms with Crippen LogP contribution in [-0.2, 0) is 9.59 Å². The minimum Gasteiger partial charge on any atom is -0.492 e. The van der Waals surface area contributed by atoms with Gasteiger partial charge in [0.05, 0.1) is 18.2 Å². The van der Waals surface area contributed by atoms with Crippen LogP contribution in [0.1, 0.15) is 13.3 Å². The summed E-state index contributed by atoms with van der Waals surface area (Å²) in [6, 6.07) is 16.2. The van der Waals surface area contributed by atoms with Crippen LogP contribution in [0.25, 0.3) is 0 Å². The lowest BCUT2D eigenvalue weighted by atomic mass is 10.1. The Morgan fingerprint density at radius 1 is 1.12 bits per heavy atom. The maximum absolute atomic E-state index is 12.4. The highest BCUT2D eigenvalue weighted by Gasteiger charge is 2.37. The Morgan fingerprint density at radius 3 is 2.58 bits per heavy atom. The first-order valence-corrected chi connectivity index (χ1v) is 7.98. The van der Waals surface area contributed by atoms with Crippen LogP contribution in [0.3, 0.4) is 0 Å². The van der Waals surface area contributed by atoms with Gasteiger partial charge >= 0.3 is 5.97 Å². The van der Waals surface area contributed by atoms with Crippen molar-refractivity contribution in [2.24, 2.45) is 5.92 Å². The van der Waals surface area contributed by atoms with Crippen LogP contribution in [-0.4, -0.2) is 25.0 Å². The van der Waals surface area contributed by atoms with Crippen molar-refractivity contribution in [2.45, 2.75) is 13.3 Å². The third-order valence-electron chi connectivity index (χ3n) is 3.88. The second-order valence-corrected chi connectivity index (χ2v) is 5.54. The van der Waals surface area contributed by atoms with Crippen molar-refractivity contribution in [1.29, 1.82) is 0 Å². The molecule has 2 aromatic rings. The number of ether oxygens (including phenoxy) is 2. The minimum absolute atomic E-state index is 0.0998. The van der Waals surface area contributed by atoms with Crippen LogP contribution in [0.2, 0.25) is 0 Å².